The van der Waals surface area contributed by atoms with E-state index in [9.17, 15) is 0 Å². The van der Waals surface area contributed by atoms with Crippen LogP contribution in [0.25, 0.3) is 0 Å². The van der Waals surface area contributed by atoms with Gasteiger partial charge < -0.3 is 20.3 Å². The van der Waals surface area contributed by atoms with Gasteiger partial charge >= 0.3 is 0 Å². The summed E-state index contributed by atoms with van der Waals surface area (Å²) in [4.78, 5) is 11.4. The van der Waals surface area contributed by atoms with Crippen LogP contribution in [0.3, 0.4) is 0 Å². The minimum atomic E-state index is 0.450. The predicted molar refractivity (Wildman–Crippen MR) is 110 cm³/mol. The smallest absolute Gasteiger partial charge is 0.234 e. The van der Waals surface area contributed by atoms with Crippen molar-refractivity contribution in [3.63, 3.8) is 0 Å². The summed E-state index contributed by atoms with van der Waals surface area (Å²) >= 11 is 5.50. The molecule has 1 atom stereocenters. The van der Waals surface area contributed by atoms with Crippen molar-refractivity contribution in [1.29, 1.82) is 0 Å². The molecule has 2 aliphatic rings. The Hall–Kier alpha value is -1.63. The number of nitrogens with one attached hydrogen (secondary N) is 2. The maximum absolute atomic E-state index is 5.50. The monoisotopic (exact) mass is 377 g/mol. The number of methoxy groups -OCH3 is 1. The highest BCUT2D eigenvalue weighted by Crippen LogP contribution is 2.25. The highest BCUT2D eigenvalue weighted by molar-refractivity contribution is 7.80. The summed E-state index contributed by atoms with van der Waals surface area (Å²) in [6.07, 6.45) is 10.0. The molecule has 3 rings (SSSR count). The maximum atomic E-state index is 5.50. The van der Waals surface area contributed by atoms with E-state index >= 15 is 0 Å². The standard InChI is InChI=1S/C19H31N5OS/c1-14-8-7-11-24(13-14)16-12-17(25-2)22-18(21-16)23-19(26)20-15-9-5-3-4-6-10-15/h12,14-15H,3-11,13H2,1-2H3,(H2,20,21,22,23,26)/t14-/m0/s1. The molecule has 26 heavy (non-hydrogen) atoms. The molecule has 0 amide bonds. The fraction of sp³-hybridized carbons (Fsp3) is 0.737. The second kappa shape index (κ2) is 9.35. The molecule has 2 fully saturated rings. The summed E-state index contributed by atoms with van der Waals surface area (Å²) in [6.45, 7) is 4.33. The summed E-state index contributed by atoms with van der Waals surface area (Å²) in [7, 11) is 1.64. The normalized spacial score (nSPS) is 21.8. The van der Waals surface area contributed by atoms with Crippen LogP contribution < -0.4 is 20.3 Å². The van der Waals surface area contributed by atoms with E-state index in [0.717, 1.165) is 18.9 Å². The van der Waals surface area contributed by atoms with E-state index < -0.39 is 0 Å². The average molecular weight is 378 g/mol. The van der Waals surface area contributed by atoms with Crippen LogP contribution in [0.1, 0.15) is 58.3 Å². The Morgan fingerprint density at radius 1 is 1.15 bits per heavy atom. The zero-order valence-corrected chi connectivity index (χ0v) is 16.8. The van der Waals surface area contributed by atoms with Gasteiger partial charge in [-0.15, -0.1) is 0 Å². The molecule has 2 heterocycles. The van der Waals surface area contributed by atoms with Gasteiger partial charge in [-0.2, -0.15) is 9.97 Å². The average Bonchev–Trinajstić information content (AvgIpc) is 2.90. The van der Waals surface area contributed by atoms with Crippen LogP contribution >= 0.6 is 12.2 Å². The third-order valence-corrected chi connectivity index (χ3v) is 5.51. The first-order chi connectivity index (χ1) is 12.6. The Kier molecular flexibility index (Phi) is 6.88. The van der Waals surface area contributed by atoms with Gasteiger partial charge in [0.15, 0.2) is 5.11 Å². The van der Waals surface area contributed by atoms with Crippen LogP contribution in [-0.4, -0.2) is 41.3 Å². The molecule has 2 N–H and O–H groups in total. The number of thiocarbonyl (C=S) groups is 1. The molecule has 1 aromatic rings. The van der Waals surface area contributed by atoms with Crippen molar-refractivity contribution < 1.29 is 4.74 Å². The number of nitrogens with zero attached hydrogens (tertiary/aromatic N) is 3. The number of ether oxygens (including phenoxy) is 1. The van der Waals surface area contributed by atoms with Gasteiger partial charge in [-0.25, -0.2) is 0 Å². The molecular weight excluding hydrogens is 346 g/mol. The number of hydrogen-bond acceptors (Lipinski definition) is 5. The molecule has 0 spiro atoms. The van der Waals surface area contributed by atoms with Gasteiger partial charge in [0.25, 0.3) is 0 Å². The lowest BCUT2D eigenvalue weighted by Crippen LogP contribution is -2.38. The quantitative estimate of drug-likeness (QED) is 0.612. The van der Waals surface area contributed by atoms with Crippen molar-refractivity contribution in [2.24, 2.45) is 5.92 Å². The molecule has 0 radical (unpaired) electrons. The van der Waals surface area contributed by atoms with Gasteiger partial charge in [0.2, 0.25) is 11.8 Å². The van der Waals surface area contributed by atoms with Crippen molar-refractivity contribution in [3.05, 3.63) is 6.07 Å². The summed E-state index contributed by atoms with van der Waals surface area (Å²) in [5.41, 5.74) is 0. The van der Waals surface area contributed by atoms with Gasteiger partial charge in [0, 0.05) is 25.2 Å². The molecule has 1 saturated carbocycles. The van der Waals surface area contributed by atoms with Crippen molar-refractivity contribution in [2.75, 3.05) is 30.4 Å². The van der Waals surface area contributed by atoms with E-state index in [1.54, 1.807) is 7.11 Å². The molecule has 1 saturated heterocycles. The lowest BCUT2D eigenvalue weighted by atomic mass is 10.0. The Bertz CT molecular complexity index is 604. The minimum Gasteiger partial charge on any atom is -0.481 e. The van der Waals surface area contributed by atoms with Crippen LogP contribution in [0.2, 0.25) is 0 Å². The van der Waals surface area contributed by atoms with Crippen molar-refractivity contribution in [3.8, 4) is 5.88 Å². The van der Waals surface area contributed by atoms with Crippen molar-refractivity contribution in [2.45, 2.75) is 64.3 Å². The molecule has 0 aromatic carbocycles. The van der Waals surface area contributed by atoms with Crippen molar-refractivity contribution in [1.82, 2.24) is 15.3 Å². The van der Waals surface area contributed by atoms with Crippen LogP contribution in [0.15, 0.2) is 6.07 Å². The largest absolute Gasteiger partial charge is 0.481 e. The van der Waals surface area contributed by atoms with E-state index in [-0.39, 0.29) is 0 Å². The second-order valence-corrected chi connectivity index (χ2v) is 7.98. The zero-order valence-electron chi connectivity index (χ0n) is 16.0. The van der Waals surface area contributed by atoms with E-state index in [0.29, 0.717) is 28.9 Å². The van der Waals surface area contributed by atoms with Crippen LogP contribution in [-0.2, 0) is 0 Å². The second-order valence-electron chi connectivity index (χ2n) is 7.57. The highest BCUT2D eigenvalue weighted by atomic mass is 32.1. The molecule has 1 aliphatic carbocycles. The molecule has 0 unspecified atom stereocenters. The van der Waals surface area contributed by atoms with Gasteiger partial charge in [-0.05, 0) is 43.8 Å². The molecule has 7 heteroatoms. The van der Waals surface area contributed by atoms with E-state index in [4.69, 9.17) is 17.0 Å². The molecule has 1 aliphatic heterocycles. The summed E-state index contributed by atoms with van der Waals surface area (Å²) in [5.74, 6) is 2.65. The Morgan fingerprint density at radius 3 is 2.62 bits per heavy atom. The number of rotatable bonds is 4. The number of piperidine rings is 1. The fourth-order valence-electron chi connectivity index (χ4n) is 3.88. The Labute approximate surface area is 162 Å². The van der Waals surface area contributed by atoms with Crippen LogP contribution in [0.4, 0.5) is 11.8 Å². The lowest BCUT2D eigenvalue weighted by molar-refractivity contribution is 0.396. The van der Waals surface area contributed by atoms with E-state index in [1.165, 1.54) is 51.4 Å². The van der Waals surface area contributed by atoms with Gasteiger partial charge in [0.05, 0.1) is 7.11 Å². The van der Waals surface area contributed by atoms with Gasteiger partial charge in [0.1, 0.15) is 5.82 Å². The summed E-state index contributed by atoms with van der Waals surface area (Å²) < 4.78 is 5.38. The lowest BCUT2D eigenvalue weighted by Gasteiger charge is -2.32. The minimum absolute atomic E-state index is 0.450. The Morgan fingerprint density at radius 2 is 1.92 bits per heavy atom. The number of anilines is 2. The third kappa shape index (κ3) is 5.43. The first-order valence-corrected chi connectivity index (χ1v) is 10.3. The topological polar surface area (TPSA) is 62.3 Å². The molecule has 144 valence electrons. The highest BCUT2D eigenvalue weighted by Gasteiger charge is 2.20. The molecule has 1 aromatic heterocycles. The molecule has 6 nitrogen and oxygen atoms in total. The van der Waals surface area contributed by atoms with Crippen LogP contribution in [0.5, 0.6) is 5.88 Å². The summed E-state index contributed by atoms with van der Waals surface area (Å²) in [6, 6.07) is 2.36. The van der Waals surface area contributed by atoms with E-state index in [2.05, 4.69) is 32.4 Å². The molecular formula is C19H31N5OS. The SMILES string of the molecule is COc1cc(N2CCC[C@H](C)C2)nc(NC(=S)NC2CCCCCC2)n1. The zero-order chi connectivity index (χ0) is 18.4. The number of aromatic nitrogens is 2. The number of hydrogen-bond donors (Lipinski definition) is 2. The van der Waals surface area contributed by atoms with Crippen LogP contribution in [0, 0.1) is 5.92 Å². The fourth-order valence-corrected chi connectivity index (χ4v) is 4.14. The van der Waals surface area contributed by atoms with Gasteiger partial charge in [-0.3, -0.25) is 0 Å². The molecule has 0 bridgehead atoms. The van der Waals surface area contributed by atoms with Gasteiger partial charge in [-0.1, -0.05) is 32.6 Å². The first-order valence-electron chi connectivity index (χ1n) is 9.89. The first kappa shape index (κ1) is 19.1. The van der Waals surface area contributed by atoms with E-state index in [1.807, 2.05) is 6.07 Å². The summed E-state index contributed by atoms with van der Waals surface area (Å²) in [5, 5.41) is 7.20. The third-order valence-electron chi connectivity index (χ3n) is 5.29. The maximum Gasteiger partial charge on any atom is 0.234 e. The Balaban J connectivity index is 1.66. The van der Waals surface area contributed by atoms with Crippen molar-refractivity contribution >= 4 is 29.1 Å². The predicted octanol–water partition coefficient (Wildman–Crippen LogP) is 3.73.